The fraction of sp³-hybridized carbons (Fsp3) is 0.308. The van der Waals surface area contributed by atoms with Gasteiger partial charge in [-0.15, -0.1) is 0 Å². The number of aromatic carboxylic acids is 1. The molecule has 6 heteroatoms. The van der Waals surface area contributed by atoms with Gasteiger partial charge in [-0.1, -0.05) is 0 Å². The largest absolute Gasteiger partial charge is 0.478 e. The van der Waals surface area contributed by atoms with E-state index in [-0.39, 0.29) is 18.0 Å². The van der Waals surface area contributed by atoms with Crippen LogP contribution in [0.15, 0.2) is 24.3 Å². The van der Waals surface area contributed by atoms with Gasteiger partial charge in [-0.3, -0.25) is 0 Å². The van der Waals surface area contributed by atoms with Crippen LogP contribution in [0, 0.1) is 11.3 Å². The van der Waals surface area contributed by atoms with Crippen LogP contribution in [0.3, 0.4) is 0 Å². The van der Waals surface area contributed by atoms with Gasteiger partial charge in [0.25, 0.3) is 0 Å². The Morgan fingerprint density at radius 3 is 2.47 bits per heavy atom. The molecule has 100 valence electrons. The molecular formula is C13H15N3O3. The molecule has 0 aromatic heterocycles. The summed E-state index contributed by atoms with van der Waals surface area (Å²) in [6, 6.07) is 7.57. The highest BCUT2D eigenvalue weighted by atomic mass is 16.4. The van der Waals surface area contributed by atoms with E-state index in [1.54, 1.807) is 0 Å². The number of carboxylic acid groups (broad SMARTS) is 1. The molecule has 0 radical (unpaired) electrons. The fourth-order valence-electron chi connectivity index (χ4n) is 1.49. The summed E-state index contributed by atoms with van der Waals surface area (Å²) in [5, 5.41) is 19.9. The van der Waals surface area contributed by atoms with Gasteiger partial charge in [0.2, 0.25) is 0 Å². The summed E-state index contributed by atoms with van der Waals surface area (Å²) in [4.78, 5) is 24.0. The second-order valence-corrected chi connectivity index (χ2v) is 3.80. The molecule has 0 heterocycles. The van der Waals surface area contributed by atoms with E-state index in [2.05, 4.69) is 5.32 Å². The number of carbonyl (C=O) groups excluding carboxylic acids is 1. The lowest BCUT2D eigenvalue weighted by molar-refractivity contribution is 0.0697. The molecule has 0 bridgehead atoms. The topological polar surface area (TPSA) is 93.4 Å². The lowest BCUT2D eigenvalue weighted by Crippen LogP contribution is -2.35. The van der Waals surface area contributed by atoms with Crippen molar-refractivity contribution in [3.8, 4) is 6.07 Å². The molecule has 1 rings (SSSR count). The number of anilines is 1. The first-order valence-electron chi connectivity index (χ1n) is 5.84. The first-order chi connectivity index (χ1) is 9.08. The van der Waals surface area contributed by atoms with E-state index in [0.717, 1.165) is 0 Å². The van der Waals surface area contributed by atoms with Crippen LogP contribution in [0.25, 0.3) is 0 Å². The number of carboxylic acids is 1. The number of nitrogens with zero attached hydrogens (tertiary/aromatic N) is 2. The van der Waals surface area contributed by atoms with Crippen LogP contribution < -0.4 is 5.32 Å². The quantitative estimate of drug-likeness (QED) is 0.849. The van der Waals surface area contributed by atoms with Crippen molar-refractivity contribution in [2.75, 3.05) is 18.4 Å². The van der Waals surface area contributed by atoms with E-state index in [1.165, 1.54) is 29.2 Å². The highest BCUT2D eigenvalue weighted by molar-refractivity contribution is 5.91. The van der Waals surface area contributed by atoms with Gasteiger partial charge in [0.15, 0.2) is 0 Å². The average molecular weight is 261 g/mol. The number of rotatable bonds is 5. The van der Waals surface area contributed by atoms with Crippen LogP contribution >= 0.6 is 0 Å². The highest BCUT2D eigenvalue weighted by Crippen LogP contribution is 2.10. The molecule has 0 spiro atoms. The molecule has 0 aliphatic rings. The molecule has 1 aromatic rings. The van der Waals surface area contributed by atoms with E-state index in [9.17, 15) is 9.59 Å². The Bertz CT molecular complexity index is 491. The zero-order valence-electron chi connectivity index (χ0n) is 10.6. The predicted molar refractivity (Wildman–Crippen MR) is 69.9 cm³/mol. The van der Waals surface area contributed by atoms with Gasteiger partial charge >= 0.3 is 12.0 Å². The van der Waals surface area contributed by atoms with E-state index >= 15 is 0 Å². The number of benzene rings is 1. The summed E-state index contributed by atoms with van der Waals surface area (Å²) in [7, 11) is 0. The SMILES string of the molecule is CCN(CCC#N)C(=O)Nc1ccc(C(=O)O)cc1. The monoisotopic (exact) mass is 261 g/mol. The predicted octanol–water partition coefficient (Wildman–Crippen LogP) is 2.15. The summed E-state index contributed by atoms with van der Waals surface area (Å²) in [6.45, 7) is 2.69. The second kappa shape index (κ2) is 7.01. The summed E-state index contributed by atoms with van der Waals surface area (Å²) in [5.74, 6) is -1.01. The van der Waals surface area contributed by atoms with E-state index in [1.807, 2.05) is 13.0 Å². The van der Waals surface area contributed by atoms with E-state index < -0.39 is 5.97 Å². The number of hydrogen-bond acceptors (Lipinski definition) is 3. The molecule has 2 N–H and O–H groups in total. The van der Waals surface area contributed by atoms with Crippen LogP contribution in [0.1, 0.15) is 23.7 Å². The third kappa shape index (κ3) is 4.32. The third-order valence-corrected chi connectivity index (χ3v) is 2.55. The first kappa shape index (κ1) is 14.5. The van der Waals surface area contributed by atoms with E-state index in [4.69, 9.17) is 10.4 Å². The molecule has 19 heavy (non-hydrogen) atoms. The molecule has 0 saturated carbocycles. The molecule has 0 fully saturated rings. The lowest BCUT2D eigenvalue weighted by atomic mass is 10.2. The molecular weight excluding hydrogens is 246 g/mol. The number of nitriles is 1. The van der Waals surface area contributed by atoms with Gasteiger partial charge in [-0.2, -0.15) is 5.26 Å². The van der Waals surface area contributed by atoms with Gasteiger partial charge in [0.1, 0.15) is 0 Å². The van der Waals surface area contributed by atoms with Gasteiger partial charge in [0, 0.05) is 18.8 Å². The fourth-order valence-corrected chi connectivity index (χ4v) is 1.49. The second-order valence-electron chi connectivity index (χ2n) is 3.80. The third-order valence-electron chi connectivity index (χ3n) is 2.55. The summed E-state index contributed by atoms with van der Waals surface area (Å²) < 4.78 is 0. The molecule has 2 amide bonds. The summed E-state index contributed by atoms with van der Waals surface area (Å²) in [6.07, 6.45) is 0.277. The molecule has 0 aliphatic carbocycles. The molecule has 0 unspecified atom stereocenters. The summed E-state index contributed by atoms with van der Waals surface area (Å²) >= 11 is 0. The minimum absolute atomic E-state index is 0.162. The maximum absolute atomic E-state index is 11.9. The van der Waals surface area contributed by atoms with Crippen molar-refractivity contribution in [3.05, 3.63) is 29.8 Å². The van der Waals surface area contributed by atoms with Crippen molar-refractivity contribution in [2.24, 2.45) is 0 Å². The van der Waals surface area contributed by atoms with Gasteiger partial charge in [0.05, 0.1) is 18.1 Å². The van der Waals surface area contributed by atoms with Crippen LogP contribution in [0.2, 0.25) is 0 Å². The molecule has 1 aromatic carbocycles. The van der Waals surface area contributed by atoms with Gasteiger partial charge in [-0.05, 0) is 31.2 Å². The number of amides is 2. The van der Waals surface area contributed by atoms with Crippen molar-refractivity contribution in [2.45, 2.75) is 13.3 Å². The molecule has 0 atom stereocenters. The summed E-state index contributed by atoms with van der Waals surface area (Å²) in [5.41, 5.74) is 0.681. The molecule has 0 saturated heterocycles. The Morgan fingerprint density at radius 2 is 2.00 bits per heavy atom. The lowest BCUT2D eigenvalue weighted by Gasteiger charge is -2.20. The van der Waals surface area contributed by atoms with Crippen LogP contribution in [0.5, 0.6) is 0 Å². The van der Waals surface area contributed by atoms with Crippen molar-refractivity contribution in [1.82, 2.24) is 4.90 Å². The number of hydrogen-bond donors (Lipinski definition) is 2. The number of carbonyl (C=O) groups is 2. The van der Waals surface area contributed by atoms with Crippen molar-refractivity contribution >= 4 is 17.7 Å². The highest BCUT2D eigenvalue weighted by Gasteiger charge is 2.11. The normalized spacial score (nSPS) is 9.47. The minimum atomic E-state index is -1.01. The Kier molecular flexibility index (Phi) is 5.35. The zero-order chi connectivity index (χ0) is 14.3. The van der Waals surface area contributed by atoms with Crippen LogP contribution in [-0.2, 0) is 0 Å². The van der Waals surface area contributed by atoms with Crippen molar-refractivity contribution < 1.29 is 14.7 Å². The van der Waals surface area contributed by atoms with Gasteiger partial charge < -0.3 is 15.3 Å². The first-order valence-corrected chi connectivity index (χ1v) is 5.84. The number of urea groups is 1. The Balaban J connectivity index is 2.65. The zero-order valence-corrected chi connectivity index (χ0v) is 10.6. The van der Waals surface area contributed by atoms with Crippen LogP contribution in [-0.4, -0.2) is 35.1 Å². The Hall–Kier alpha value is -2.55. The van der Waals surface area contributed by atoms with Gasteiger partial charge in [-0.25, -0.2) is 9.59 Å². The maximum Gasteiger partial charge on any atom is 0.335 e. The standard InChI is InChI=1S/C13H15N3O3/c1-2-16(9-3-8-14)13(19)15-11-6-4-10(5-7-11)12(17)18/h4-7H,2-3,9H2,1H3,(H,15,19)(H,17,18). The van der Waals surface area contributed by atoms with Crippen LogP contribution in [0.4, 0.5) is 10.5 Å². The van der Waals surface area contributed by atoms with E-state index in [0.29, 0.717) is 18.8 Å². The molecule has 0 aliphatic heterocycles. The maximum atomic E-state index is 11.9. The smallest absolute Gasteiger partial charge is 0.335 e. The molecule has 6 nitrogen and oxygen atoms in total. The average Bonchev–Trinajstić information content (AvgIpc) is 2.40. The Morgan fingerprint density at radius 1 is 1.37 bits per heavy atom. The number of nitrogens with one attached hydrogen (secondary N) is 1. The minimum Gasteiger partial charge on any atom is -0.478 e. The van der Waals surface area contributed by atoms with Crippen molar-refractivity contribution in [3.63, 3.8) is 0 Å². The van der Waals surface area contributed by atoms with Crippen molar-refractivity contribution in [1.29, 1.82) is 5.26 Å². The Labute approximate surface area is 111 Å².